The lowest BCUT2D eigenvalue weighted by Crippen LogP contribution is -2.25. The zero-order chi connectivity index (χ0) is 15.0. The molecule has 0 saturated carbocycles. The second kappa shape index (κ2) is 5.50. The van der Waals surface area contributed by atoms with Gasteiger partial charge in [-0.3, -0.25) is 4.79 Å². The molecule has 2 aromatic heterocycles. The first-order chi connectivity index (χ1) is 10.1. The van der Waals surface area contributed by atoms with Crippen molar-refractivity contribution in [1.82, 2.24) is 4.90 Å². The lowest BCUT2D eigenvalue weighted by Gasteiger charge is -2.15. The van der Waals surface area contributed by atoms with Gasteiger partial charge in [-0.25, -0.2) is 0 Å². The Hall–Kier alpha value is -1.85. The Bertz CT molecular complexity index is 790. The van der Waals surface area contributed by atoms with Gasteiger partial charge in [0.2, 0.25) is 0 Å². The number of nitrogen functional groups attached to an aromatic ring is 1. The molecule has 0 bridgehead atoms. The number of aryl methyl sites for hydroxylation is 1. The molecule has 21 heavy (non-hydrogen) atoms. The molecule has 3 aromatic rings. The summed E-state index contributed by atoms with van der Waals surface area (Å²) >= 11 is 3.13. The number of hydrogen-bond donors (Lipinski definition) is 1. The van der Waals surface area contributed by atoms with Crippen molar-refractivity contribution in [3.63, 3.8) is 0 Å². The van der Waals surface area contributed by atoms with E-state index in [0.717, 1.165) is 10.1 Å². The maximum atomic E-state index is 12.6. The summed E-state index contributed by atoms with van der Waals surface area (Å²) in [5.74, 6) is -0.0141. The third-order valence-corrected chi connectivity index (χ3v) is 5.42. The fourth-order valence-electron chi connectivity index (χ4n) is 2.26. The molecule has 0 radical (unpaired) electrons. The number of nitrogens with zero attached hydrogens (tertiary/aromatic N) is 1. The van der Waals surface area contributed by atoms with Crippen molar-refractivity contribution in [3.8, 4) is 0 Å². The van der Waals surface area contributed by atoms with Crippen LogP contribution in [0.3, 0.4) is 0 Å². The molecule has 2 heterocycles. The summed E-state index contributed by atoms with van der Waals surface area (Å²) < 4.78 is 1.07. The topological polar surface area (TPSA) is 46.3 Å². The minimum atomic E-state index is -0.0141. The number of amides is 1. The first kappa shape index (κ1) is 14.1. The molecule has 0 aliphatic carbocycles. The number of anilines is 1. The predicted molar refractivity (Wildman–Crippen MR) is 91.1 cm³/mol. The van der Waals surface area contributed by atoms with Gasteiger partial charge in [0.05, 0.1) is 12.2 Å². The largest absolute Gasteiger partial charge is 0.397 e. The van der Waals surface area contributed by atoms with E-state index in [-0.39, 0.29) is 5.91 Å². The summed E-state index contributed by atoms with van der Waals surface area (Å²) in [6, 6.07) is 10.1. The standard InChI is InChI=1S/C16H16N2OS2/c1-10-5-6-12-13(8-10)21-15(14(12)17)16(19)18(2)9-11-4-3-7-20-11/h3-8H,9,17H2,1-2H3. The molecule has 0 aliphatic heterocycles. The van der Waals surface area contributed by atoms with E-state index >= 15 is 0 Å². The normalized spacial score (nSPS) is 11.0. The number of benzene rings is 1. The van der Waals surface area contributed by atoms with Crippen LogP contribution in [-0.2, 0) is 6.54 Å². The monoisotopic (exact) mass is 316 g/mol. The van der Waals surface area contributed by atoms with Crippen LogP contribution in [0.4, 0.5) is 5.69 Å². The molecule has 2 N–H and O–H groups in total. The van der Waals surface area contributed by atoms with Gasteiger partial charge >= 0.3 is 0 Å². The summed E-state index contributed by atoms with van der Waals surface area (Å²) in [6.07, 6.45) is 0. The first-order valence-electron chi connectivity index (χ1n) is 6.62. The Morgan fingerprint density at radius 1 is 1.33 bits per heavy atom. The molecule has 5 heteroatoms. The summed E-state index contributed by atoms with van der Waals surface area (Å²) in [6.45, 7) is 2.66. The van der Waals surface area contributed by atoms with Crippen LogP contribution in [0.2, 0.25) is 0 Å². The lowest BCUT2D eigenvalue weighted by molar-refractivity contribution is 0.0792. The second-order valence-electron chi connectivity index (χ2n) is 5.09. The number of hydrogen-bond acceptors (Lipinski definition) is 4. The van der Waals surface area contributed by atoms with Crippen LogP contribution in [0.15, 0.2) is 35.7 Å². The fourth-order valence-corrected chi connectivity index (χ4v) is 4.24. The average Bonchev–Trinajstić information content (AvgIpc) is 3.06. The number of carbonyl (C=O) groups is 1. The zero-order valence-electron chi connectivity index (χ0n) is 11.9. The number of thiophene rings is 2. The highest BCUT2D eigenvalue weighted by Crippen LogP contribution is 2.35. The Kier molecular flexibility index (Phi) is 3.69. The van der Waals surface area contributed by atoms with Gasteiger partial charge in [-0.15, -0.1) is 22.7 Å². The number of carbonyl (C=O) groups excluding carboxylic acids is 1. The molecule has 1 amide bonds. The maximum Gasteiger partial charge on any atom is 0.266 e. The van der Waals surface area contributed by atoms with E-state index in [9.17, 15) is 4.79 Å². The molecule has 3 rings (SSSR count). The van der Waals surface area contributed by atoms with Crippen molar-refractivity contribution in [3.05, 3.63) is 51.0 Å². The van der Waals surface area contributed by atoms with Gasteiger partial charge in [-0.05, 0) is 30.0 Å². The summed E-state index contributed by atoms with van der Waals surface area (Å²) in [5, 5.41) is 2.99. The summed E-state index contributed by atoms with van der Waals surface area (Å²) in [4.78, 5) is 16.1. The summed E-state index contributed by atoms with van der Waals surface area (Å²) in [5.41, 5.74) is 7.94. The van der Waals surface area contributed by atoms with E-state index in [0.29, 0.717) is 17.1 Å². The molecule has 1 aromatic carbocycles. The molecular weight excluding hydrogens is 300 g/mol. The van der Waals surface area contributed by atoms with E-state index in [4.69, 9.17) is 5.73 Å². The zero-order valence-corrected chi connectivity index (χ0v) is 13.6. The summed E-state index contributed by atoms with van der Waals surface area (Å²) in [7, 11) is 1.82. The van der Waals surface area contributed by atoms with Gasteiger partial charge in [-0.1, -0.05) is 18.2 Å². The number of fused-ring (bicyclic) bond motifs is 1. The molecular formula is C16H16N2OS2. The van der Waals surface area contributed by atoms with Crippen molar-refractivity contribution in [2.75, 3.05) is 12.8 Å². The molecule has 0 spiro atoms. The van der Waals surface area contributed by atoms with Crippen molar-refractivity contribution >= 4 is 44.4 Å². The third kappa shape index (κ3) is 2.66. The van der Waals surface area contributed by atoms with Gasteiger partial charge in [0.1, 0.15) is 4.88 Å². The Balaban J connectivity index is 1.92. The highest BCUT2D eigenvalue weighted by atomic mass is 32.1. The predicted octanol–water partition coefficient (Wildman–Crippen LogP) is 4.13. The molecule has 0 unspecified atom stereocenters. The molecule has 0 atom stereocenters. The molecule has 0 fully saturated rings. The van der Waals surface area contributed by atoms with Gasteiger partial charge in [0, 0.05) is 22.0 Å². The SMILES string of the molecule is Cc1ccc2c(N)c(C(=O)N(C)Cc3cccs3)sc2c1. The van der Waals surface area contributed by atoms with E-state index in [1.807, 2.05) is 43.6 Å². The van der Waals surface area contributed by atoms with Crippen molar-refractivity contribution < 1.29 is 4.79 Å². The van der Waals surface area contributed by atoms with Crippen molar-refractivity contribution in [2.24, 2.45) is 0 Å². The van der Waals surface area contributed by atoms with Crippen molar-refractivity contribution in [2.45, 2.75) is 13.5 Å². The maximum absolute atomic E-state index is 12.6. The van der Waals surface area contributed by atoms with Gasteiger partial charge in [0.15, 0.2) is 0 Å². The van der Waals surface area contributed by atoms with Crippen LogP contribution in [0.1, 0.15) is 20.1 Å². The third-order valence-electron chi connectivity index (χ3n) is 3.40. The highest BCUT2D eigenvalue weighted by molar-refractivity contribution is 7.21. The Morgan fingerprint density at radius 2 is 2.14 bits per heavy atom. The van der Waals surface area contributed by atoms with E-state index < -0.39 is 0 Å². The van der Waals surface area contributed by atoms with E-state index in [2.05, 4.69) is 6.07 Å². The van der Waals surface area contributed by atoms with Crippen LogP contribution in [0.25, 0.3) is 10.1 Å². The van der Waals surface area contributed by atoms with Crippen LogP contribution < -0.4 is 5.73 Å². The lowest BCUT2D eigenvalue weighted by atomic mass is 10.1. The fraction of sp³-hybridized carbons (Fsp3) is 0.188. The van der Waals surface area contributed by atoms with E-state index in [1.165, 1.54) is 21.8 Å². The number of rotatable bonds is 3. The average molecular weight is 316 g/mol. The molecule has 0 saturated heterocycles. The first-order valence-corrected chi connectivity index (χ1v) is 8.32. The van der Waals surface area contributed by atoms with Gasteiger partial charge in [0.25, 0.3) is 5.91 Å². The highest BCUT2D eigenvalue weighted by Gasteiger charge is 2.20. The quantitative estimate of drug-likeness (QED) is 0.790. The van der Waals surface area contributed by atoms with Gasteiger partial charge in [-0.2, -0.15) is 0 Å². The number of nitrogens with two attached hydrogens (primary N) is 1. The molecule has 0 aliphatic rings. The van der Waals surface area contributed by atoms with Crippen LogP contribution in [0.5, 0.6) is 0 Å². The second-order valence-corrected chi connectivity index (χ2v) is 7.17. The van der Waals surface area contributed by atoms with Crippen molar-refractivity contribution in [1.29, 1.82) is 0 Å². The van der Waals surface area contributed by atoms with Gasteiger partial charge < -0.3 is 10.6 Å². The molecule has 3 nitrogen and oxygen atoms in total. The Morgan fingerprint density at radius 3 is 2.86 bits per heavy atom. The smallest absolute Gasteiger partial charge is 0.266 e. The van der Waals surface area contributed by atoms with Crippen LogP contribution in [-0.4, -0.2) is 17.9 Å². The minimum absolute atomic E-state index is 0.0141. The molecule has 108 valence electrons. The Labute approximate surface area is 131 Å². The minimum Gasteiger partial charge on any atom is -0.397 e. The van der Waals surface area contributed by atoms with E-state index in [1.54, 1.807) is 16.2 Å². The van der Waals surface area contributed by atoms with Crippen LogP contribution >= 0.6 is 22.7 Å². The van der Waals surface area contributed by atoms with Crippen LogP contribution in [0, 0.1) is 6.92 Å².